The Hall–Kier alpha value is -2.08. The molecule has 1 aromatic heterocycles. The summed E-state index contributed by atoms with van der Waals surface area (Å²) in [6.45, 7) is 4.18. The number of ether oxygens (including phenoxy) is 5. The Kier molecular flexibility index (Phi) is 9.25. The van der Waals surface area contributed by atoms with Crippen LogP contribution < -0.4 is 18.9 Å². The van der Waals surface area contributed by atoms with Crippen molar-refractivity contribution in [2.45, 2.75) is 0 Å². The van der Waals surface area contributed by atoms with Crippen LogP contribution in [0.4, 0.5) is 5.69 Å². The van der Waals surface area contributed by atoms with E-state index >= 15 is 0 Å². The van der Waals surface area contributed by atoms with Crippen molar-refractivity contribution in [3.63, 3.8) is 0 Å². The van der Waals surface area contributed by atoms with Crippen molar-refractivity contribution in [1.82, 2.24) is 0 Å². The second kappa shape index (κ2) is 12.6. The van der Waals surface area contributed by atoms with Crippen molar-refractivity contribution < 1.29 is 28.3 Å². The molecule has 8 heteroatoms. The molecule has 3 aromatic rings. The van der Waals surface area contributed by atoms with Crippen LogP contribution in [0.15, 0.2) is 36.4 Å². The number of fused-ring (bicyclic) bond motifs is 2. The third-order valence-electron chi connectivity index (χ3n) is 5.47. The SMILES string of the molecule is CN(C)c1ccc(/C=C/c2[te]c3cc4c(cc3[n+]2C)OCCOCCOCCOCCO4)cc1. The Labute approximate surface area is 211 Å². The molecule has 0 fully saturated rings. The maximum absolute atomic E-state index is 6.06. The molecule has 182 valence electrons. The second-order valence-electron chi connectivity index (χ2n) is 8.12. The minimum absolute atomic E-state index is 0.464. The van der Waals surface area contributed by atoms with E-state index < -0.39 is 20.4 Å². The predicted molar refractivity (Wildman–Crippen MR) is 135 cm³/mol. The molecule has 1 aliphatic rings. The average Bonchev–Trinajstić information content (AvgIpc) is 3.14. The summed E-state index contributed by atoms with van der Waals surface area (Å²) >= 11 is -0.538. The van der Waals surface area contributed by atoms with Gasteiger partial charge in [0.1, 0.15) is 0 Å². The number of aryl methyl sites for hydroxylation is 1. The summed E-state index contributed by atoms with van der Waals surface area (Å²) in [6.07, 6.45) is 4.44. The van der Waals surface area contributed by atoms with Crippen molar-refractivity contribution in [3.8, 4) is 11.5 Å². The molecule has 4 rings (SSSR count). The zero-order valence-corrected chi connectivity index (χ0v) is 22.4. The van der Waals surface area contributed by atoms with E-state index in [1.54, 1.807) is 0 Å². The number of nitrogens with zero attached hydrogens (tertiary/aromatic N) is 2. The molecule has 0 saturated heterocycles. The predicted octanol–water partition coefficient (Wildman–Crippen LogP) is 2.78. The van der Waals surface area contributed by atoms with Gasteiger partial charge in [-0.1, -0.05) is 0 Å². The monoisotopic (exact) mass is 583 g/mol. The van der Waals surface area contributed by atoms with Gasteiger partial charge in [-0.3, -0.25) is 0 Å². The van der Waals surface area contributed by atoms with Gasteiger partial charge >= 0.3 is 212 Å². The van der Waals surface area contributed by atoms with E-state index in [2.05, 4.69) is 79.2 Å². The van der Waals surface area contributed by atoms with E-state index in [4.69, 9.17) is 23.7 Å². The molecule has 0 atom stereocenters. The first kappa shape index (κ1) is 25.0. The first-order valence-electron chi connectivity index (χ1n) is 11.5. The molecule has 0 saturated carbocycles. The zero-order chi connectivity index (χ0) is 23.8. The molecule has 2 heterocycles. The van der Waals surface area contributed by atoms with Gasteiger partial charge in [-0.05, 0) is 0 Å². The van der Waals surface area contributed by atoms with Crippen LogP contribution in [0.1, 0.15) is 9.27 Å². The van der Waals surface area contributed by atoms with Gasteiger partial charge in [-0.25, -0.2) is 0 Å². The molecular weight excluding hydrogens is 548 g/mol. The summed E-state index contributed by atoms with van der Waals surface area (Å²) in [5.74, 6) is 1.52. The fourth-order valence-electron chi connectivity index (χ4n) is 3.56. The van der Waals surface area contributed by atoms with Crippen LogP contribution in [0, 0.1) is 0 Å². The van der Waals surface area contributed by atoms with Crippen LogP contribution in [-0.2, 0) is 21.3 Å². The average molecular weight is 581 g/mol. The number of rotatable bonds is 3. The molecule has 0 bridgehead atoms. The Morgan fingerprint density at radius 2 is 1.32 bits per heavy atom. The standard InChI is InChI=1S/C26H33N2O5Te/c1-27(2)21-7-4-20(5-8-21)6-9-26-28(3)22-18-23-24(19-25(22)34-26)33-17-15-31-13-11-29-10-12-30-14-16-32-23/h4-9,18-19H,10-17H2,1-3H3/q+1. The summed E-state index contributed by atoms with van der Waals surface area (Å²) in [4.78, 5) is 2.11. The van der Waals surface area contributed by atoms with Crippen LogP contribution in [0.5, 0.6) is 11.5 Å². The number of hydrogen-bond donors (Lipinski definition) is 0. The molecular formula is C26H33N2O5Te+. The minimum atomic E-state index is -0.538. The molecule has 1 aliphatic heterocycles. The maximum atomic E-state index is 6.06. The zero-order valence-electron chi connectivity index (χ0n) is 20.1. The fourth-order valence-corrected chi connectivity index (χ4v) is 6.59. The van der Waals surface area contributed by atoms with Crippen molar-refractivity contribution in [1.29, 1.82) is 0 Å². The third-order valence-corrected chi connectivity index (χ3v) is 8.80. The number of anilines is 1. The Balaban J connectivity index is 1.55. The molecule has 0 amide bonds. The van der Waals surface area contributed by atoms with Gasteiger partial charge in [0.05, 0.1) is 0 Å². The van der Waals surface area contributed by atoms with E-state index in [9.17, 15) is 0 Å². The number of hydrogen-bond acceptors (Lipinski definition) is 6. The summed E-state index contributed by atoms with van der Waals surface area (Å²) in [6, 6.07) is 12.8. The first-order chi connectivity index (χ1) is 16.6. The van der Waals surface area contributed by atoms with Crippen LogP contribution in [0.2, 0.25) is 0 Å². The van der Waals surface area contributed by atoms with Crippen LogP contribution in [0.25, 0.3) is 21.1 Å². The molecule has 34 heavy (non-hydrogen) atoms. The summed E-state index contributed by atoms with van der Waals surface area (Å²) < 4.78 is 33.8. The van der Waals surface area contributed by atoms with E-state index in [0.29, 0.717) is 52.9 Å². The van der Waals surface area contributed by atoms with Crippen LogP contribution in [-0.4, -0.2) is 87.4 Å². The normalized spacial score (nSPS) is 16.3. The van der Waals surface area contributed by atoms with Crippen molar-refractivity contribution in [2.75, 3.05) is 71.9 Å². The molecule has 2 aromatic carbocycles. The Bertz CT molecular complexity index is 1090. The third kappa shape index (κ3) is 6.74. The van der Waals surface area contributed by atoms with Gasteiger partial charge in [0.25, 0.3) is 0 Å². The van der Waals surface area contributed by atoms with Gasteiger partial charge in [0.15, 0.2) is 0 Å². The van der Waals surface area contributed by atoms with E-state index in [-0.39, 0.29) is 0 Å². The van der Waals surface area contributed by atoms with Gasteiger partial charge < -0.3 is 0 Å². The topological polar surface area (TPSA) is 53.3 Å². The molecule has 0 radical (unpaired) electrons. The molecule has 0 aliphatic carbocycles. The van der Waals surface area contributed by atoms with Crippen LogP contribution >= 0.6 is 0 Å². The molecule has 0 N–H and O–H groups in total. The molecule has 7 nitrogen and oxygen atoms in total. The molecule has 0 spiro atoms. The van der Waals surface area contributed by atoms with E-state index in [1.807, 2.05) is 0 Å². The summed E-state index contributed by atoms with van der Waals surface area (Å²) in [5.41, 5.74) is 3.59. The van der Waals surface area contributed by atoms with Crippen molar-refractivity contribution in [2.24, 2.45) is 7.05 Å². The Morgan fingerprint density at radius 1 is 0.765 bits per heavy atom. The first-order valence-corrected chi connectivity index (χ1v) is 13.9. The number of benzene rings is 2. The van der Waals surface area contributed by atoms with Gasteiger partial charge in [0.2, 0.25) is 0 Å². The quantitative estimate of drug-likeness (QED) is 0.351. The van der Waals surface area contributed by atoms with Gasteiger partial charge in [-0.15, -0.1) is 0 Å². The van der Waals surface area contributed by atoms with Crippen LogP contribution in [0.3, 0.4) is 0 Å². The van der Waals surface area contributed by atoms with Gasteiger partial charge in [0, 0.05) is 0 Å². The number of aromatic nitrogens is 1. The summed E-state index contributed by atoms with van der Waals surface area (Å²) in [5, 5.41) is 0. The van der Waals surface area contributed by atoms with E-state index in [1.165, 1.54) is 23.9 Å². The summed E-state index contributed by atoms with van der Waals surface area (Å²) in [7, 11) is 6.24. The van der Waals surface area contributed by atoms with Crippen molar-refractivity contribution in [3.05, 3.63) is 45.7 Å². The van der Waals surface area contributed by atoms with Crippen molar-refractivity contribution >= 4 is 47.2 Å². The van der Waals surface area contributed by atoms with Gasteiger partial charge in [-0.2, -0.15) is 0 Å². The van der Waals surface area contributed by atoms with E-state index in [0.717, 1.165) is 11.5 Å². The second-order valence-corrected chi connectivity index (χ2v) is 11.2. The molecule has 0 unspecified atom stereocenters. The fraction of sp³-hybridized carbons (Fsp3) is 0.423. The Morgan fingerprint density at radius 3 is 1.91 bits per heavy atom.